The summed E-state index contributed by atoms with van der Waals surface area (Å²) in [7, 11) is 0. The van der Waals surface area contributed by atoms with E-state index in [9.17, 15) is 5.11 Å². The van der Waals surface area contributed by atoms with E-state index in [0.717, 1.165) is 44.5 Å². The first-order chi connectivity index (χ1) is 8.34. The molecule has 0 spiro atoms. The number of aliphatic hydroxyl groups excluding tert-OH is 1. The standard InChI is InChI=1S/C15H18O2/c16-13-7-1-5-12(10-13)14-8-2-4-11-6-3-9-17-15(11)14/h2,4,8,10,13,16H,1,3,5-7,9H2. The Morgan fingerprint density at radius 3 is 3.00 bits per heavy atom. The first-order valence-corrected chi connectivity index (χ1v) is 6.48. The molecule has 1 heterocycles. The normalized spacial score (nSPS) is 23.6. The zero-order chi connectivity index (χ0) is 11.7. The van der Waals surface area contributed by atoms with Crippen LogP contribution in [0.3, 0.4) is 0 Å². The van der Waals surface area contributed by atoms with Gasteiger partial charge in [-0.1, -0.05) is 24.3 Å². The van der Waals surface area contributed by atoms with Crippen molar-refractivity contribution in [2.24, 2.45) is 0 Å². The molecule has 1 aliphatic heterocycles. The molecule has 1 aliphatic carbocycles. The third-order valence-corrected chi connectivity index (χ3v) is 3.62. The maximum Gasteiger partial charge on any atom is 0.129 e. The summed E-state index contributed by atoms with van der Waals surface area (Å²) in [5, 5.41) is 9.73. The minimum absolute atomic E-state index is 0.279. The van der Waals surface area contributed by atoms with Crippen LogP contribution in [0.5, 0.6) is 5.75 Å². The Morgan fingerprint density at radius 1 is 1.18 bits per heavy atom. The minimum atomic E-state index is -0.279. The average Bonchev–Trinajstić information content (AvgIpc) is 2.38. The van der Waals surface area contributed by atoms with Crippen molar-refractivity contribution < 1.29 is 9.84 Å². The zero-order valence-electron chi connectivity index (χ0n) is 9.98. The summed E-state index contributed by atoms with van der Waals surface area (Å²) < 4.78 is 5.82. The number of benzene rings is 1. The van der Waals surface area contributed by atoms with Crippen molar-refractivity contribution in [2.45, 2.75) is 38.2 Å². The molecule has 1 unspecified atom stereocenters. The molecule has 2 heteroatoms. The van der Waals surface area contributed by atoms with Crippen LogP contribution in [0.4, 0.5) is 0 Å². The van der Waals surface area contributed by atoms with Crippen LogP contribution in [0.25, 0.3) is 5.57 Å². The molecule has 90 valence electrons. The molecule has 2 nitrogen and oxygen atoms in total. The van der Waals surface area contributed by atoms with Crippen LogP contribution in [-0.2, 0) is 6.42 Å². The van der Waals surface area contributed by atoms with Crippen LogP contribution in [0.2, 0.25) is 0 Å². The van der Waals surface area contributed by atoms with Crippen molar-refractivity contribution in [1.82, 2.24) is 0 Å². The Bertz CT molecular complexity index is 448. The molecule has 1 atom stereocenters. The van der Waals surface area contributed by atoms with Gasteiger partial charge in [0.15, 0.2) is 0 Å². The third kappa shape index (κ3) is 2.09. The number of fused-ring (bicyclic) bond motifs is 1. The fraction of sp³-hybridized carbons (Fsp3) is 0.467. The highest BCUT2D eigenvalue weighted by atomic mass is 16.5. The van der Waals surface area contributed by atoms with Crippen molar-refractivity contribution in [1.29, 1.82) is 0 Å². The lowest BCUT2D eigenvalue weighted by atomic mass is 9.89. The van der Waals surface area contributed by atoms with Gasteiger partial charge in [0.25, 0.3) is 0 Å². The van der Waals surface area contributed by atoms with E-state index in [2.05, 4.69) is 18.2 Å². The molecule has 1 aromatic carbocycles. The topological polar surface area (TPSA) is 29.5 Å². The summed E-state index contributed by atoms with van der Waals surface area (Å²) in [6.07, 6.45) is 6.94. The van der Waals surface area contributed by atoms with E-state index in [1.807, 2.05) is 6.08 Å². The second kappa shape index (κ2) is 4.53. The monoisotopic (exact) mass is 230 g/mol. The van der Waals surface area contributed by atoms with Crippen LogP contribution >= 0.6 is 0 Å². The third-order valence-electron chi connectivity index (χ3n) is 3.62. The largest absolute Gasteiger partial charge is 0.493 e. The van der Waals surface area contributed by atoms with Crippen molar-refractivity contribution in [3.63, 3.8) is 0 Å². The van der Waals surface area contributed by atoms with Gasteiger partial charge in [-0.25, -0.2) is 0 Å². The molecule has 0 radical (unpaired) electrons. The quantitative estimate of drug-likeness (QED) is 0.803. The molecule has 0 aromatic heterocycles. The van der Waals surface area contributed by atoms with Crippen molar-refractivity contribution in [3.8, 4) is 5.75 Å². The second-order valence-corrected chi connectivity index (χ2v) is 4.90. The minimum Gasteiger partial charge on any atom is -0.493 e. The van der Waals surface area contributed by atoms with E-state index >= 15 is 0 Å². The Kier molecular flexibility index (Phi) is 2.89. The van der Waals surface area contributed by atoms with Crippen molar-refractivity contribution in [2.75, 3.05) is 6.61 Å². The predicted octanol–water partition coefficient (Wildman–Crippen LogP) is 2.94. The lowest BCUT2D eigenvalue weighted by Crippen LogP contribution is -2.12. The number of allylic oxidation sites excluding steroid dienone is 1. The summed E-state index contributed by atoms with van der Waals surface area (Å²) in [5.74, 6) is 1.05. The van der Waals surface area contributed by atoms with Gasteiger partial charge in [0.05, 0.1) is 12.7 Å². The average molecular weight is 230 g/mol. The van der Waals surface area contributed by atoms with Crippen LogP contribution in [0.1, 0.15) is 36.8 Å². The maximum atomic E-state index is 9.73. The Hall–Kier alpha value is -1.28. The van der Waals surface area contributed by atoms with E-state index < -0.39 is 0 Å². The maximum absolute atomic E-state index is 9.73. The summed E-state index contributed by atoms with van der Waals surface area (Å²) in [6, 6.07) is 6.37. The molecular weight excluding hydrogens is 212 g/mol. The smallest absolute Gasteiger partial charge is 0.129 e. The van der Waals surface area contributed by atoms with Gasteiger partial charge in [-0.15, -0.1) is 0 Å². The van der Waals surface area contributed by atoms with Gasteiger partial charge in [0.1, 0.15) is 5.75 Å². The first kappa shape index (κ1) is 10.8. The van der Waals surface area contributed by atoms with E-state index in [1.165, 1.54) is 16.7 Å². The Morgan fingerprint density at radius 2 is 2.12 bits per heavy atom. The SMILES string of the molecule is OC1C=C(c2cccc3c2OCCC3)CCC1. The van der Waals surface area contributed by atoms with Gasteiger partial charge < -0.3 is 9.84 Å². The van der Waals surface area contributed by atoms with Crippen LogP contribution in [0.15, 0.2) is 24.3 Å². The molecule has 3 rings (SSSR count). The van der Waals surface area contributed by atoms with Gasteiger partial charge in [0, 0.05) is 5.56 Å². The van der Waals surface area contributed by atoms with Crippen LogP contribution in [0, 0.1) is 0 Å². The fourth-order valence-electron chi connectivity index (χ4n) is 2.77. The zero-order valence-corrected chi connectivity index (χ0v) is 9.98. The second-order valence-electron chi connectivity index (χ2n) is 4.90. The van der Waals surface area contributed by atoms with Crippen molar-refractivity contribution >= 4 is 5.57 Å². The molecule has 0 amide bonds. The molecule has 1 N–H and O–H groups in total. The van der Waals surface area contributed by atoms with Gasteiger partial charge in [-0.05, 0) is 43.2 Å². The summed E-state index contributed by atoms with van der Waals surface area (Å²) in [4.78, 5) is 0. The van der Waals surface area contributed by atoms with E-state index in [0.29, 0.717) is 0 Å². The fourth-order valence-corrected chi connectivity index (χ4v) is 2.77. The highest BCUT2D eigenvalue weighted by molar-refractivity contribution is 5.73. The summed E-state index contributed by atoms with van der Waals surface area (Å²) >= 11 is 0. The highest BCUT2D eigenvalue weighted by Gasteiger charge is 2.19. The molecular formula is C15H18O2. The molecule has 0 saturated carbocycles. The summed E-state index contributed by atoms with van der Waals surface area (Å²) in [6.45, 7) is 0.819. The number of rotatable bonds is 1. The molecule has 0 bridgehead atoms. The van der Waals surface area contributed by atoms with Gasteiger partial charge >= 0.3 is 0 Å². The number of ether oxygens (including phenoxy) is 1. The number of hydrogen-bond donors (Lipinski definition) is 1. The van der Waals surface area contributed by atoms with Gasteiger partial charge in [-0.2, -0.15) is 0 Å². The van der Waals surface area contributed by atoms with Crippen molar-refractivity contribution in [3.05, 3.63) is 35.4 Å². The number of aliphatic hydroxyl groups is 1. The first-order valence-electron chi connectivity index (χ1n) is 6.48. The molecule has 0 saturated heterocycles. The van der Waals surface area contributed by atoms with E-state index in [4.69, 9.17) is 4.74 Å². The molecule has 17 heavy (non-hydrogen) atoms. The Labute approximate surface area is 102 Å². The van der Waals surface area contributed by atoms with Crippen LogP contribution < -0.4 is 4.74 Å². The number of aryl methyl sites for hydroxylation is 1. The van der Waals surface area contributed by atoms with E-state index in [-0.39, 0.29) is 6.10 Å². The Balaban J connectivity index is 2.02. The van der Waals surface area contributed by atoms with Crippen LogP contribution in [-0.4, -0.2) is 17.8 Å². The summed E-state index contributed by atoms with van der Waals surface area (Å²) in [5.41, 5.74) is 3.76. The molecule has 2 aliphatic rings. The lowest BCUT2D eigenvalue weighted by molar-refractivity contribution is 0.206. The highest BCUT2D eigenvalue weighted by Crippen LogP contribution is 2.37. The van der Waals surface area contributed by atoms with E-state index in [1.54, 1.807) is 0 Å². The van der Waals surface area contributed by atoms with Gasteiger partial charge in [0.2, 0.25) is 0 Å². The lowest BCUT2D eigenvalue weighted by Gasteiger charge is -2.24. The molecule has 1 aromatic rings. The number of para-hydroxylation sites is 1. The number of hydrogen-bond acceptors (Lipinski definition) is 2. The predicted molar refractivity (Wildman–Crippen MR) is 68.1 cm³/mol. The van der Waals surface area contributed by atoms with Gasteiger partial charge in [-0.3, -0.25) is 0 Å². The molecule has 0 fully saturated rings.